The average molecular weight is 240 g/mol. The van der Waals surface area contributed by atoms with E-state index in [1.54, 1.807) is 0 Å². The largest absolute Gasteiger partial charge is 0.339 e. The van der Waals surface area contributed by atoms with E-state index in [1.165, 1.54) is 0 Å². The van der Waals surface area contributed by atoms with Gasteiger partial charge in [-0.25, -0.2) is 0 Å². The number of rotatable bonds is 9. The average Bonchev–Trinajstić information content (AvgIpc) is 2.33. The molecule has 0 aliphatic rings. The second-order valence-electron chi connectivity index (χ2n) is 4.46. The van der Waals surface area contributed by atoms with Crippen molar-refractivity contribution in [2.75, 3.05) is 19.6 Å². The molecule has 0 rings (SSSR count). The minimum absolute atomic E-state index is 0.196. The molecule has 0 radical (unpaired) electrons. The van der Waals surface area contributed by atoms with Gasteiger partial charge in [-0.3, -0.25) is 4.79 Å². The van der Waals surface area contributed by atoms with Crippen molar-refractivity contribution in [3.8, 4) is 0 Å². The quantitative estimate of drug-likeness (QED) is 0.497. The Morgan fingerprint density at radius 3 is 2.24 bits per heavy atom. The molecule has 0 aliphatic heterocycles. The van der Waals surface area contributed by atoms with Crippen LogP contribution in [0.5, 0.6) is 0 Å². The van der Waals surface area contributed by atoms with Gasteiger partial charge in [0, 0.05) is 18.7 Å². The number of allylic oxidation sites excluding steroid dienone is 1. The first-order valence-electron chi connectivity index (χ1n) is 6.83. The molecule has 2 N–H and O–H groups in total. The number of hydrogen-bond acceptors (Lipinski definition) is 2. The molecule has 3 nitrogen and oxygen atoms in total. The van der Waals surface area contributed by atoms with Crippen LogP contribution in [0.1, 0.15) is 52.9 Å². The van der Waals surface area contributed by atoms with E-state index in [1.807, 2.05) is 11.8 Å². The summed E-state index contributed by atoms with van der Waals surface area (Å²) in [7, 11) is 0. The molecule has 17 heavy (non-hydrogen) atoms. The Labute approximate surface area is 106 Å². The number of nitrogens with two attached hydrogens (primary N) is 1. The molecule has 0 aromatic rings. The molecular weight excluding hydrogens is 212 g/mol. The molecule has 0 fully saturated rings. The molecule has 1 amide bonds. The summed E-state index contributed by atoms with van der Waals surface area (Å²) in [6.07, 6.45) is 7.16. The summed E-state index contributed by atoms with van der Waals surface area (Å²) in [5.41, 5.74) is 6.32. The van der Waals surface area contributed by atoms with Crippen molar-refractivity contribution in [2.45, 2.75) is 52.9 Å². The minimum Gasteiger partial charge on any atom is -0.339 e. The van der Waals surface area contributed by atoms with Crippen molar-refractivity contribution < 1.29 is 4.79 Å². The zero-order valence-corrected chi connectivity index (χ0v) is 11.7. The van der Waals surface area contributed by atoms with Crippen LogP contribution in [0.3, 0.4) is 0 Å². The maximum atomic E-state index is 12.1. The van der Waals surface area contributed by atoms with E-state index in [4.69, 9.17) is 5.73 Å². The zero-order valence-electron chi connectivity index (χ0n) is 11.7. The highest BCUT2D eigenvalue weighted by Crippen LogP contribution is 2.06. The molecule has 0 saturated carbocycles. The lowest BCUT2D eigenvalue weighted by Gasteiger charge is -2.21. The first-order chi connectivity index (χ1) is 8.17. The third-order valence-corrected chi connectivity index (χ3v) is 2.72. The smallest absolute Gasteiger partial charge is 0.249 e. The van der Waals surface area contributed by atoms with Gasteiger partial charge in [-0.1, -0.05) is 19.9 Å². The lowest BCUT2D eigenvalue weighted by atomic mass is 10.1. The Balaban J connectivity index is 4.22. The summed E-state index contributed by atoms with van der Waals surface area (Å²) < 4.78 is 0. The first kappa shape index (κ1) is 16.2. The van der Waals surface area contributed by atoms with E-state index in [2.05, 4.69) is 19.9 Å². The lowest BCUT2D eigenvalue weighted by molar-refractivity contribution is -0.127. The van der Waals surface area contributed by atoms with Crippen molar-refractivity contribution in [3.05, 3.63) is 11.6 Å². The van der Waals surface area contributed by atoms with Crippen molar-refractivity contribution in [1.29, 1.82) is 0 Å². The third kappa shape index (κ3) is 7.16. The number of amides is 1. The van der Waals surface area contributed by atoms with Crippen LogP contribution in [0.15, 0.2) is 11.6 Å². The topological polar surface area (TPSA) is 46.3 Å². The van der Waals surface area contributed by atoms with Gasteiger partial charge in [-0.05, 0) is 45.6 Å². The van der Waals surface area contributed by atoms with E-state index < -0.39 is 0 Å². The Hall–Kier alpha value is -0.830. The summed E-state index contributed by atoms with van der Waals surface area (Å²) in [5.74, 6) is 0.196. The van der Waals surface area contributed by atoms with Crippen LogP contribution in [-0.2, 0) is 4.79 Å². The van der Waals surface area contributed by atoms with Crippen molar-refractivity contribution in [2.24, 2.45) is 5.73 Å². The molecule has 0 saturated heterocycles. The number of carbonyl (C=O) groups excluding carboxylic acids is 1. The summed E-state index contributed by atoms with van der Waals surface area (Å²) in [6, 6.07) is 0. The highest BCUT2D eigenvalue weighted by molar-refractivity contribution is 5.92. The van der Waals surface area contributed by atoms with Gasteiger partial charge in [0.2, 0.25) is 5.91 Å². The van der Waals surface area contributed by atoms with Gasteiger partial charge in [0.1, 0.15) is 0 Å². The molecule has 0 atom stereocenters. The van der Waals surface area contributed by atoms with E-state index in [-0.39, 0.29) is 5.91 Å². The normalized spacial score (nSPS) is 11.6. The van der Waals surface area contributed by atoms with Crippen LogP contribution in [0.4, 0.5) is 0 Å². The fourth-order valence-corrected chi connectivity index (χ4v) is 1.80. The van der Waals surface area contributed by atoms with Crippen LogP contribution in [0.25, 0.3) is 0 Å². The van der Waals surface area contributed by atoms with Gasteiger partial charge in [0.05, 0.1) is 0 Å². The van der Waals surface area contributed by atoms with Gasteiger partial charge < -0.3 is 10.6 Å². The number of hydrogen-bond donors (Lipinski definition) is 1. The predicted molar refractivity (Wildman–Crippen MR) is 73.8 cm³/mol. The van der Waals surface area contributed by atoms with E-state index in [9.17, 15) is 4.79 Å². The Bertz CT molecular complexity index is 230. The van der Waals surface area contributed by atoms with Gasteiger partial charge >= 0.3 is 0 Å². The van der Waals surface area contributed by atoms with Crippen LogP contribution in [-0.4, -0.2) is 30.4 Å². The van der Waals surface area contributed by atoms with E-state index in [0.717, 1.165) is 57.3 Å². The molecule has 0 aliphatic carbocycles. The monoisotopic (exact) mass is 240 g/mol. The van der Waals surface area contributed by atoms with Crippen LogP contribution < -0.4 is 5.73 Å². The first-order valence-corrected chi connectivity index (χ1v) is 6.83. The summed E-state index contributed by atoms with van der Waals surface area (Å²) in [6.45, 7) is 8.59. The Kier molecular flexibility index (Phi) is 9.83. The molecule has 0 aromatic heterocycles. The van der Waals surface area contributed by atoms with Crippen LogP contribution >= 0.6 is 0 Å². The van der Waals surface area contributed by atoms with Crippen molar-refractivity contribution in [1.82, 2.24) is 4.90 Å². The lowest BCUT2D eigenvalue weighted by Crippen LogP contribution is -2.33. The highest BCUT2D eigenvalue weighted by Gasteiger charge is 2.12. The Morgan fingerprint density at radius 1 is 1.18 bits per heavy atom. The molecule has 0 bridgehead atoms. The van der Waals surface area contributed by atoms with Crippen molar-refractivity contribution >= 4 is 5.91 Å². The van der Waals surface area contributed by atoms with Crippen LogP contribution in [0, 0.1) is 0 Å². The summed E-state index contributed by atoms with van der Waals surface area (Å²) in [4.78, 5) is 14.1. The number of carbonyl (C=O) groups is 1. The molecule has 0 spiro atoms. The van der Waals surface area contributed by atoms with E-state index in [0.29, 0.717) is 0 Å². The fraction of sp³-hybridized carbons (Fsp3) is 0.786. The maximum absolute atomic E-state index is 12.1. The molecule has 100 valence electrons. The highest BCUT2D eigenvalue weighted by atomic mass is 16.2. The molecule has 0 aromatic carbocycles. The predicted octanol–water partition coefficient (Wildman–Crippen LogP) is 2.71. The van der Waals surface area contributed by atoms with Crippen molar-refractivity contribution in [3.63, 3.8) is 0 Å². The molecule has 0 unspecified atom stereocenters. The maximum Gasteiger partial charge on any atom is 0.249 e. The standard InChI is InChI=1S/C14H28N2O/c1-4-11-16(12-5-2)14(17)13(3)9-7-6-8-10-15/h9H,4-8,10-12,15H2,1-3H3. The van der Waals surface area contributed by atoms with Crippen LogP contribution in [0.2, 0.25) is 0 Å². The second-order valence-corrected chi connectivity index (χ2v) is 4.46. The zero-order chi connectivity index (χ0) is 13.1. The third-order valence-electron chi connectivity index (χ3n) is 2.72. The molecule has 0 heterocycles. The summed E-state index contributed by atoms with van der Waals surface area (Å²) >= 11 is 0. The molecule has 3 heteroatoms. The number of nitrogens with zero attached hydrogens (tertiary/aromatic N) is 1. The van der Waals surface area contributed by atoms with E-state index >= 15 is 0 Å². The number of unbranched alkanes of at least 4 members (excludes halogenated alkanes) is 2. The molecular formula is C14H28N2O. The minimum atomic E-state index is 0.196. The SMILES string of the molecule is CCCN(CCC)C(=O)C(C)=CCCCCN. The van der Waals surface area contributed by atoms with Gasteiger partial charge in [-0.15, -0.1) is 0 Å². The fourth-order valence-electron chi connectivity index (χ4n) is 1.80. The Morgan fingerprint density at radius 2 is 1.76 bits per heavy atom. The van der Waals surface area contributed by atoms with Gasteiger partial charge in [0.15, 0.2) is 0 Å². The summed E-state index contributed by atoms with van der Waals surface area (Å²) in [5, 5.41) is 0. The second kappa shape index (κ2) is 10.3. The van der Waals surface area contributed by atoms with Gasteiger partial charge in [0.25, 0.3) is 0 Å². The van der Waals surface area contributed by atoms with Gasteiger partial charge in [-0.2, -0.15) is 0 Å².